The molecule has 1 aliphatic heterocycles. The third-order valence-electron chi connectivity index (χ3n) is 4.44. The van der Waals surface area contributed by atoms with Gasteiger partial charge in [-0.3, -0.25) is 0 Å². The van der Waals surface area contributed by atoms with Crippen LogP contribution >= 0.6 is 46.4 Å². The molecule has 1 heterocycles. The summed E-state index contributed by atoms with van der Waals surface area (Å²) in [5.41, 5.74) is -0.291. The molecule has 0 aliphatic carbocycles. The first-order valence-electron chi connectivity index (χ1n) is 7.95. The van der Waals surface area contributed by atoms with Gasteiger partial charge >= 0.3 is 7.12 Å². The zero-order valence-corrected chi connectivity index (χ0v) is 18.1. The van der Waals surface area contributed by atoms with Crippen LogP contribution in [-0.4, -0.2) is 18.3 Å². The van der Waals surface area contributed by atoms with Crippen molar-refractivity contribution in [3.8, 4) is 0 Å². The third-order valence-corrected chi connectivity index (χ3v) is 5.57. The van der Waals surface area contributed by atoms with Crippen molar-refractivity contribution in [3.05, 3.63) is 62.1 Å². The molecule has 0 radical (unpaired) electrons. The maximum absolute atomic E-state index is 13.4. The van der Waals surface area contributed by atoms with Crippen molar-refractivity contribution >= 4 is 59.0 Å². The summed E-state index contributed by atoms with van der Waals surface area (Å²) in [6, 6.07) is 7.44. The summed E-state index contributed by atoms with van der Waals surface area (Å²) in [6.07, 6.45) is 0. The van der Waals surface area contributed by atoms with E-state index in [0.29, 0.717) is 5.46 Å². The van der Waals surface area contributed by atoms with Crippen LogP contribution in [0, 0.1) is 11.6 Å². The minimum Gasteiger partial charge on any atom is -0.399 e. The zero-order chi connectivity index (χ0) is 20.6. The summed E-state index contributed by atoms with van der Waals surface area (Å²) in [6.45, 7) is 7.78. The second-order valence-corrected chi connectivity index (χ2v) is 8.55. The van der Waals surface area contributed by atoms with Gasteiger partial charge in [0.1, 0.15) is 0 Å². The molecular formula is C18H17BCl4F2O2. The molecule has 1 saturated heterocycles. The summed E-state index contributed by atoms with van der Waals surface area (Å²) < 4.78 is 37.5. The Bertz CT molecular complexity index is 787. The molecule has 0 spiro atoms. The Hall–Kier alpha value is -0.555. The quantitative estimate of drug-likeness (QED) is 0.358. The van der Waals surface area contributed by atoms with Crippen LogP contribution in [0.4, 0.5) is 8.78 Å². The Kier molecular flexibility index (Phi) is 7.11. The summed E-state index contributed by atoms with van der Waals surface area (Å²) >= 11 is 22.2. The predicted molar refractivity (Wildman–Crippen MR) is 109 cm³/mol. The molecule has 0 unspecified atom stereocenters. The second-order valence-electron chi connectivity index (χ2n) is 6.92. The highest BCUT2D eigenvalue weighted by atomic mass is 35.5. The number of halogens is 6. The first-order chi connectivity index (χ1) is 12.4. The average molecular weight is 456 g/mol. The molecule has 0 saturated carbocycles. The summed E-state index contributed by atoms with van der Waals surface area (Å²) in [4.78, 5) is 0. The minimum atomic E-state index is -0.626. The molecule has 0 N–H and O–H groups in total. The Morgan fingerprint density at radius 1 is 0.741 bits per heavy atom. The highest BCUT2D eigenvalue weighted by Crippen LogP contribution is 2.37. The number of benzene rings is 2. The van der Waals surface area contributed by atoms with Crippen LogP contribution < -0.4 is 5.46 Å². The molecule has 146 valence electrons. The van der Waals surface area contributed by atoms with Gasteiger partial charge in [0.2, 0.25) is 0 Å². The van der Waals surface area contributed by atoms with Gasteiger partial charge < -0.3 is 9.31 Å². The predicted octanol–water partition coefficient (Wildman–Crippen LogP) is 6.56. The van der Waals surface area contributed by atoms with Crippen LogP contribution in [0.15, 0.2) is 30.3 Å². The monoisotopic (exact) mass is 454 g/mol. The van der Waals surface area contributed by atoms with E-state index in [1.807, 2.05) is 27.7 Å². The molecule has 2 nitrogen and oxygen atoms in total. The molecule has 3 rings (SSSR count). The molecule has 2 aromatic carbocycles. The SMILES string of the molecule is CC1(C)OB(c2cc(Cl)c(F)c(Cl)c2)OC1(C)C.Fc1c(Cl)cccc1Cl. The lowest BCUT2D eigenvalue weighted by Crippen LogP contribution is -2.41. The minimum absolute atomic E-state index is 0.0350. The van der Waals surface area contributed by atoms with Crippen molar-refractivity contribution in [2.24, 2.45) is 0 Å². The fourth-order valence-corrected chi connectivity index (χ4v) is 3.07. The van der Waals surface area contributed by atoms with Crippen molar-refractivity contribution in [2.45, 2.75) is 38.9 Å². The lowest BCUT2D eigenvalue weighted by Gasteiger charge is -2.32. The average Bonchev–Trinajstić information content (AvgIpc) is 2.78. The second kappa shape index (κ2) is 8.44. The van der Waals surface area contributed by atoms with Crippen LogP contribution in [0.2, 0.25) is 20.1 Å². The highest BCUT2D eigenvalue weighted by molar-refractivity contribution is 6.62. The Morgan fingerprint density at radius 2 is 1.11 bits per heavy atom. The first kappa shape index (κ1) is 22.7. The van der Waals surface area contributed by atoms with Gasteiger partial charge in [-0.2, -0.15) is 0 Å². The summed E-state index contributed by atoms with van der Waals surface area (Å²) in [5.74, 6) is -1.18. The molecule has 9 heteroatoms. The van der Waals surface area contributed by atoms with E-state index in [9.17, 15) is 8.78 Å². The largest absolute Gasteiger partial charge is 0.494 e. The van der Waals surface area contributed by atoms with Crippen molar-refractivity contribution < 1.29 is 18.1 Å². The van der Waals surface area contributed by atoms with Gasteiger partial charge in [-0.25, -0.2) is 8.78 Å². The smallest absolute Gasteiger partial charge is 0.399 e. The van der Waals surface area contributed by atoms with E-state index in [-0.39, 0.29) is 20.1 Å². The lowest BCUT2D eigenvalue weighted by atomic mass is 9.79. The number of hydrogen-bond acceptors (Lipinski definition) is 2. The standard InChI is InChI=1S/C12H14BCl2FO2.C6H3Cl2F/c1-11(2)12(3,4)18-13(17-11)7-5-8(14)10(16)9(15)6-7;7-4-2-1-3-5(8)6(4)9/h5-6H,1-4H3;1-3H. The van der Waals surface area contributed by atoms with Gasteiger partial charge in [0.05, 0.1) is 31.3 Å². The van der Waals surface area contributed by atoms with Gasteiger partial charge in [0.25, 0.3) is 0 Å². The van der Waals surface area contributed by atoms with Crippen LogP contribution in [0.25, 0.3) is 0 Å². The number of rotatable bonds is 1. The van der Waals surface area contributed by atoms with E-state index in [1.54, 1.807) is 6.07 Å². The van der Waals surface area contributed by atoms with Crippen molar-refractivity contribution in [1.82, 2.24) is 0 Å². The van der Waals surface area contributed by atoms with Gasteiger partial charge in [-0.15, -0.1) is 0 Å². The fraction of sp³-hybridized carbons (Fsp3) is 0.333. The van der Waals surface area contributed by atoms with Crippen LogP contribution in [0.1, 0.15) is 27.7 Å². The molecule has 0 atom stereocenters. The molecule has 1 fully saturated rings. The Morgan fingerprint density at radius 3 is 1.48 bits per heavy atom. The van der Waals surface area contributed by atoms with E-state index in [1.165, 1.54) is 24.3 Å². The van der Waals surface area contributed by atoms with E-state index in [2.05, 4.69) is 0 Å². The van der Waals surface area contributed by atoms with Crippen LogP contribution in [0.5, 0.6) is 0 Å². The lowest BCUT2D eigenvalue weighted by molar-refractivity contribution is 0.00578. The highest BCUT2D eigenvalue weighted by Gasteiger charge is 2.51. The number of hydrogen-bond donors (Lipinski definition) is 0. The van der Waals surface area contributed by atoms with Gasteiger partial charge in [0.15, 0.2) is 11.6 Å². The third kappa shape index (κ3) is 5.09. The molecule has 27 heavy (non-hydrogen) atoms. The summed E-state index contributed by atoms with van der Waals surface area (Å²) in [7, 11) is -0.592. The molecule has 0 aromatic heterocycles. The zero-order valence-electron chi connectivity index (χ0n) is 15.0. The first-order valence-corrected chi connectivity index (χ1v) is 9.46. The van der Waals surface area contributed by atoms with Crippen molar-refractivity contribution in [1.29, 1.82) is 0 Å². The Labute approximate surface area is 177 Å². The molecule has 2 aromatic rings. The topological polar surface area (TPSA) is 18.5 Å². The van der Waals surface area contributed by atoms with E-state index < -0.39 is 30.0 Å². The van der Waals surface area contributed by atoms with Crippen LogP contribution in [0.3, 0.4) is 0 Å². The molecule has 1 aliphatic rings. The van der Waals surface area contributed by atoms with Gasteiger partial charge in [-0.05, 0) is 57.4 Å². The van der Waals surface area contributed by atoms with Gasteiger partial charge in [0, 0.05) is 0 Å². The maximum Gasteiger partial charge on any atom is 0.494 e. The van der Waals surface area contributed by atoms with Crippen molar-refractivity contribution in [3.63, 3.8) is 0 Å². The van der Waals surface area contributed by atoms with Crippen LogP contribution in [-0.2, 0) is 9.31 Å². The maximum atomic E-state index is 13.4. The Balaban J connectivity index is 0.000000244. The molecule has 0 bridgehead atoms. The van der Waals surface area contributed by atoms with E-state index in [0.717, 1.165) is 0 Å². The summed E-state index contributed by atoms with van der Waals surface area (Å²) in [5, 5.41) is 0.0458. The van der Waals surface area contributed by atoms with Crippen molar-refractivity contribution in [2.75, 3.05) is 0 Å². The van der Waals surface area contributed by atoms with E-state index in [4.69, 9.17) is 55.7 Å². The fourth-order valence-electron chi connectivity index (χ4n) is 2.17. The molecule has 0 amide bonds. The van der Waals surface area contributed by atoms with Gasteiger partial charge in [-0.1, -0.05) is 52.5 Å². The normalized spacial score (nSPS) is 17.5. The van der Waals surface area contributed by atoms with E-state index >= 15 is 0 Å². The molecular weight excluding hydrogens is 439 g/mol.